The summed E-state index contributed by atoms with van der Waals surface area (Å²) in [6, 6.07) is 7.23. The molecule has 0 amide bonds. The van der Waals surface area contributed by atoms with Crippen molar-refractivity contribution in [1.29, 1.82) is 5.26 Å². The van der Waals surface area contributed by atoms with Gasteiger partial charge >= 0.3 is 0 Å². The molecule has 0 aliphatic heterocycles. The highest BCUT2D eigenvalue weighted by atomic mass is 35.5. The van der Waals surface area contributed by atoms with Crippen LogP contribution in [-0.2, 0) is 0 Å². The molecule has 1 heterocycles. The maximum absolute atomic E-state index is 9.00. The standard InChI is InChI=1S/C12H11ClN4/c1-8(12-15-4-5-16-12)17-11-6-10(13)3-2-9(11)7-14/h2-6,8,17H,1H3,(H,15,16). The van der Waals surface area contributed by atoms with Crippen LogP contribution in [0.15, 0.2) is 30.6 Å². The van der Waals surface area contributed by atoms with Gasteiger partial charge in [0.15, 0.2) is 0 Å². The summed E-state index contributed by atoms with van der Waals surface area (Å²) in [4.78, 5) is 7.18. The Morgan fingerprint density at radius 1 is 1.53 bits per heavy atom. The largest absolute Gasteiger partial charge is 0.374 e. The molecule has 0 aliphatic rings. The Kier molecular flexibility index (Phi) is 3.31. The number of nitriles is 1. The number of nitrogens with one attached hydrogen (secondary N) is 2. The smallest absolute Gasteiger partial charge is 0.128 e. The molecular formula is C12H11ClN4. The maximum atomic E-state index is 9.00. The number of anilines is 1. The van der Waals surface area contributed by atoms with Gasteiger partial charge in [-0.05, 0) is 25.1 Å². The average molecular weight is 247 g/mol. The van der Waals surface area contributed by atoms with Gasteiger partial charge in [0.2, 0.25) is 0 Å². The predicted molar refractivity (Wildman–Crippen MR) is 66.8 cm³/mol. The van der Waals surface area contributed by atoms with E-state index in [2.05, 4.69) is 21.4 Å². The molecule has 5 heteroatoms. The van der Waals surface area contributed by atoms with Gasteiger partial charge in [0.25, 0.3) is 0 Å². The third kappa shape index (κ3) is 2.58. The van der Waals surface area contributed by atoms with Crippen LogP contribution in [0.1, 0.15) is 24.4 Å². The Balaban J connectivity index is 2.24. The van der Waals surface area contributed by atoms with Gasteiger partial charge in [0.1, 0.15) is 11.9 Å². The van der Waals surface area contributed by atoms with Gasteiger partial charge in [-0.2, -0.15) is 5.26 Å². The van der Waals surface area contributed by atoms with Crippen molar-refractivity contribution in [1.82, 2.24) is 9.97 Å². The molecule has 17 heavy (non-hydrogen) atoms. The van der Waals surface area contributed by atoms with Crippen molar-refractivity contribution in [3.63, 3.8) is 0 Å². The zero-order valence-electron chi connectivity index (χ0n) is 9.24. The van der Waals surface area contributed by atoms with Gasteiger partial charge < -0.3 is 10.3 Å². The molecule has 2 rings (SSSR count). The number of benzene rings is 1. The lowest BCUT2D eigenvalue weighted by atomic mass is 10.1. The Labute approximate surface area is 104 Å². The quantitative estimate of drug-likeness (QED) is 0.875. The minimum absolute atomic E-state index is 0.0180. The third-order valence-corrected chi connectivity index (χ3v) is 2.64. The number of aromatic nitrogens is 2. The normalized spacial score (nSPS) is 11.8. The lowest BCUT2D eigenvalue weighted by Gasteiger charge is -2.14. The van der Waals surface area contributed by atoms with Crippen LogP contribution in [0.25, 0.3) is 0 Å². The second-order valence-corrected chi connectivity index (χ2v) is 4.08. The number of aromatic amines is 1. The molecule has 1 atom stereocenters. The van der Waals surface area contributed by atoms with E-state index in [0.717, 1.165) is 5.82 Å². The monoisotopic (exact) mass is 246 g/mol. The van der Waals surface area contributed by atoms with E-state index in [1.54, 1.807) is 30.6 Å². The molecule has 0 fully saturated rings. The summed E-state index contributed by atoms with van der Waals surface area (Å²) in [7, 11) is 0. The van der Waals surface area contributed by atoms with Crippen LogP contribution >= 0.6 is 11.6 Å². The molecule has 2 N–H and O–H groups in total. The zero-order chi connectivity index (χ0) is 12.3. The molecule has 0 saturated heterocycles. The minimum Gasteiger partial charge on any atom is -0.374 e. The summed E-state index contributed by atoms with van der Waals surface area (Å²) < 4.78 is 0. The summed E-state index contributed by atoms with van der Waals surface area (Å²) in [6.07, 6.45) is 3.45. The summed E-state index contributed by atoms with van der Waals surface area (Å²) >= 11 is 5.91. The van der Waals surface area contributed by atoms with E-state index in [-0.39, 0.29) is 6.04 Å². The fraction of sp³-hybridized carbons (Fsp3) is 0.167. The number of hydrogen-bond acceptors (Lipinski definition) is 3. The van der Waals surface area contributed by atoms with Crippen LogP contribution in [0.3, 0.4) is 0 Å². The van der Waals surface area contributed by atoms with Crippen LogP contribution < -0.4 is 5.32 Å². The van der Waals surface area contributed by atoms with E-state index in [1.165, 1.54) is 0 Å². The first-order chi connectivity index (χ1) is 8.20. The first-order valence-corrected chi connectivity index (χ1v) is 5.54. The number of halogens is 1. The van der Waals surface area contributed by atoms with E-state index < -0.39 is 0 Å². The second kappa shape index (κ2) is 4.89. The number of rotatable bonds is 3. The van der Waals surface area contributed by atoms with Crippen molar-refractivity contribution in [2.45, 2.75) is 13.0 Å². The van der Waals surface area contributed by atoms with Crippen molar-refractivity contribution in [3.05, 3.63) is 47.0 Å². The van der Waals surface area contributed by atoms with Gasteiger partial charge in [-0.25, -0.2) is 4.98 Å². The Bertz CT molecular complexity index is 542. The first kappa shape index (κ1) is 11.5. The summed E-state index contributed by atoms with van der Waals surface area (Å²) in [5, 5.41) is 12.8. The highest BCUT2D eigenvalue weighted by molar-refractivity contribution is 6.30. The fourth-order valence-corrected chi connectivity index (χ4v) is 1.72. The van der Waals surface area contributed by atoms with Crippen LogP contribution in [0.5, 0.6) is 0 Å². The second-order valence-electron chi connectivity index (χ2n) is 3.64. The molecule has 1 aromatic carbocycles. The van der Waals surface area contributed by atoms with Crippen molar-refractivity contribution in [3.8, 4) is 6.07 Å². The minimum atomic E-state index is -0.0180. The van der Waals surface area contributed by atoms with Crippen LogP contribution in [-0.4, -0.2) is 9.97 Å². The van der Waals surface area contributed by atoms with Crippen LogP contribution in [0.2, 0.25) is 5.02 Å². The fourth-order valence-electron chi connectivity index (χ4n) is 1.55. The topological polar surface area (TPSA) is 64.5 Å². The molecule has 0 saturated carbocycles. The van der Waals surface area contributed by atoms with E-state index in [1.807, 2.05) is 6.92 Å². The van der Waals surface area contributed by atoms with E-state index in [0.29, 0.717) is 16.3 Å². The van der Waals surface area contributed by atoms with Gasteiger partial charge in [-0.15, -0.1) is 0 Å². The first-order valence-electron chi connectivity index (χ1n) is 5.16. The van der Waals surface area contributed by atoms with Gasteiger partial charge in [0.05, 0.1) is 17.3 Å². The molecule has 86 valence electrons. The molecule has 4 nitrogen and oxygen atoms in total. The van der Waals surface area contributed by atoms with Crippen molar-refractivity contribution in [2.75, 3.05) is 5.32 Å². The van der Waals surface area contributed by atoms with Gasteiger partial charge in [-0.1, -0.05) is 11.6 Å². The maximum Gasteiger partial charge on any atom is 0.128 e. The summed E-state index contributed by atoms with van der Waals surface area (Å²) in [5.74, 6) is 0.814. The number of H-pyrrole nitrogens is 1. The zero-order valence-corrected chi connectivity index (χ0v) is 9.99. The molecular weight excluding hydrogens is 236 g/mol. The average Bonchev–Trinajstić information content (AvgIpc) is 2.83. The van der Waals surface area contributed by atoms with Crippen LogP contribution in [0.4, 0.5) is 5.69 Å². The van der Waals surface area contributed by atoms with Crippen molar-refractivity contribution in [2.24, 2.45) is 0 Å². The molecule has 0 radical (unpaired) electrons. The molecule has 1 unspecified atom stereocenters. The summed E-state index contributed by atoms with van der Waals surface area (Å²) in [6.45, 7) is 1.96. The number of nitrogens with zero attached hydrogens (tertiary/aromatic N) is 2. The summed E-state index contributed by atoms with van der Waals surface area (Å²) in [5.41, 5.74) is 1.27. The Morgan fingerprint density at radius 2 is 2.35 bits per heavy atom. The third-order valence-electron chi connectivity index (χ3n) is 2.40. The Hall–Kier alpha value is -1.99. The lowest BCUT2D eigenvalue weighted by molar-refractivity contribution is 0.810. The number of hydrogen-bond donors (Lipinski definition) is 2. The van der Waals surface area contributed by atoms with E-state index in [9.17, 15) is 0 Å². The molecule has 0 spiro atoms. The highest BCUT2D eigenvalue weighted by Crippen LogP contribution is 2.24. The van der Waals surface area contributed by atoms with E-state index in [4.69, 9.17) is 16.9 Å². The lowest BCUT2D eigenvalue weighted by Crippen LogP contribution is -2.09. The Morgan fingerprint density at radius 3 is 3.00 bits per heavy atom. The highest BCUT2D eigenvalue weighted by Gasteiger charge is 2.10. The van der Waals surface area contributed by atoms with Gasteiger partial charge in [0, 0.05) is 17.4 Å². The van der Waals surface area contributed by atoms with Crippen molar-refractivity contribution < 1.29 is 0 Å². The number of imidazole rings is 1. The SMILES string of the molecule is CC(Nc1cc(Cl)ccc1C#N)c1ncc[nH]1. The van der Waals surface area contributed by atoms with Crippen molar-refractivity contribution >= 4 is 17.3 Å². The predicted octanol–water partition coefficient (Wildman–Crippen LogP) is 3.11. The molecule has 0 bridgehead atoms. The van der Waals surface area contributed by atoms with Gasteiger partial charge in [-0.3, -0.25) is 0 Å². The van der Waals surface area contributed by atoms with E-state index >= 15 is 0 Å². The molecule has 1 aromatic heterocycles. The van der Waals surface area contributed by atoms with Crippen LogP contribution in [0, 0.1) is 11.3 Å². The molecule has 0 aliphatic carbocycles. The molecule has 2 aromatic rings.